The molecule has 0 saturated carbocycles. The van der Waals surface area contributed by atoms with Crippen molar-refractivity contribution in [3.63, 3.8) is 0 Å². The number of hydrogen-bond acceptors (Lipinski definition) is 3. The van der Waals surface area contributed by atoms with Crippen LogP contribution in [-0.4, -0.2) is 27.0 Å². The first kappa shape index (κ1) is 6.39. The molecule has 2 nitrogen and oxygen atoms in total. The van der Waals surface area contributed by atoms with Gasteiger partial charge in [-0.25, -0.2) is 0 Å². The van der Waals surface area contributed by atoms with Crippen LogP contribution in [0.15, 0.2) is 0 Å². The molecule has 1 rings (SSSR count). The minimum atomic E-state index is -1.38. The maximum Gasteiger partial charge on any atom is 0.175 e. The van der Waals surface area contributed by atoms with E-state index in [0.29, 0.717) is 6.42 Å². The molecule has 2 N–H and O–H groups in total. The quantitative estimate of drug-likeness (QED) is 0.465. The van der Waals surface area contributed by atoms with Crippen LogP contribution in [0.25, 0.3) is 0 Å². The Morgan fingerprint density at radius 1 is 1.62 bits per heavy atom. The van der Waals surface area contributed by atoms with E-state index in [1.807, 2.05) is 6.92 Å². The van der Waals surface area contributed by atoms with Crippen molar-refractivity contribution in [1.29, 1.82) is 0 Å². The molecule has 1 fully saturated rings. The molecular formula is C5H10O2S. The van der Waals surface area contributed by atoms with Crippen LogP contribution < -0.4 is 0 Å². The zero-order chi connectivity index (χ0) is 6.20. The number of aliphatic hydroxyl groups is 2. The second-order valence-corrected chi connectivity index (χ2v) is 3.59. The largest absolute Gasteiger partial charge is 0.365 e. The molecule has 0 amide bonds. The Kier molecular flexibility index (Phi) is 1.52. The van der Waals surface area contributed by atoms with Crippen molar-refractivity contribution in [2.24, 2.45) is 0 Å². The Morgan fingerprint density at radius 3 is 2.38 bits per heavy atom. The average molecular weight is 134 g/mol. The minimum Gasteiger partial charge on any atom is -0.365 e. The van der Waals surface area contributed by atoms with E-state index in [9.17, 15) is 0 Å². The highest BCUT2D eigenvalue weighted by Crippen LogP contribution is 2.32. The van der Waals surface area contributed by atoms with Gasteiger partial charge < -0.3 is 10.2 Å². The summed E-state index contributed by atoms with van der Waals surface area (Å²) in [6.45, 7) is 1.83. The molecule has 0 aromatic rings. The van der Waals surface area contributed by atoms with Crippen LogP contribution >= 0.6 is 11.8 Å². The smallest absolute Gasteiger partial charge is 0.175 e. The first-order chi connectivity index (χ1) is 3.63. The van der Waals surface area contributed by atoms with E-state index >= 15 is 0 Å². The second kappa shape index (κ2) is 1.90. The van der Waals surface area contributed by atoms with Crippen LogP contribution in [0.1, 0.15) is 13.3 Å². The third-order valence-corrected chi connectivity index (χ3v) is 2.81. The lowest BCUT2D eigenvalue weighted by molar-refractivity contribution is -0.153. The summed E-state index contributed by atoms with van der Waals surface area (Å²) in [5.74, 6) is -0.515. The van der Waals surface area contributed by atoms with Gasteiger partial charge in [0.05, 0.1) is 5.25 Å². The van der Waals surface area contributed by atoms with Gasteiger partial charge in [-0.3, -0.25) is 0 Å². The van der Waals surface area contributed by atoms with Crippen molar-refractivity contribution in [3.05, 3.63) is 0 Å². The zero-order valence-electron chi connectivity index (χ0n) is 4.79. The summed E-state index contributed by atoms with van der Waals surface area (Å²) in [7, 11) is 0. The topological polar surface area (TPSA) is 40.5 Å². The molecule has 3 heteroatoms. The van der Waals surface area contributed by atoms with Crippen LogP contribution in [0.5, 0.6) is 0 Å². The Hall–Kier alpha value is 0.270. The average Bonchev–Trinajstić information content (AvgIpc) is 1.86. The Labute approximate surface area is 52.9 Å². The molecule has 1 saturated heterocycles. The van der Waals surface area contributed by atoms with Gasteiger partial charge in [-0.15, -0.1) is 0 Å². The normalized spacial score (nSPS) is 35.6. The van der Waals surface area contributed by atoms with Crippen molar-refractivity contribution in [1.82, 2.24) is 0 Å². The summed E-state index contributed by atoms with van der Waals surface area (Å²) in [5.41, 5.74) is 0. The third kappa shape index (κ3) is 0.989. The highest BCUT2D eigenvalue weighted by Gasteiger charge is 2.36. The SMILES string of the molecule is CC1SCCC1(O)O. The first-order valence-corrected chi connectivity index (χ1v) is 3.74. The molecule has 8 heavy (non-hydrogen) atoms. The summed E-state index contributed by atoms with van der Waals surface area (Å²) < 4.78 is 0. The van der Waals surface area contributed by atoms with Crippen molar-refractivity contribution < 1.29 is 10.2 Å². The van der Waals surface area contributed by atoms with Gasteiger partial charge in [0.2, 0.25) is 0 Å². The van der Waals surface area contributed by atoms with E-state index < -0.39 is 5.79 Å². The second-order valence-electron chi connectivity index (χ2n) is 2.14. The molecule has 1 atom stereocenters. The van der Waals surface area contributed by atoms with Gasteiger partial charge in [0.1, 0.15) is 0 Å². The predicted octanol–water partition coefficient (Wildman–Crippen LogP) is 0.193. The van der Waals surface area contributed by atoms with Crippen LogP contribution in [0, 0.1) is 0 Å². The van der Waals surface area contributed by atoms with Crippen molar-refractivity contribution in [2.45, 2.75) is 24.4 Å². The number of hydrogen-bond donors (Lipinski definition) is 2. The summed E-state index contributed by atoms with van der Waals surface area (Å²) in [5, 5.41) is 18.0. The van der Waals surface area contributed by atoms with E-state index in [1.165, 1.54) is 0 Å². The highest BCUT2D eigenvalue weighted by molar-refractivity contribution is 8.00. The fourth-order valence-corrected chi connectivity index (χ4v) is 1.88. The zero-order valence-corrected chi connectivity index (χ0v) is 5.61. The van der Waals surface area contributed by atoms with E-state index in [2.05, 4.69) is 0 Å². The minimum absolute atomic E-state index is 0.0116. The molecule has 0 bridgehead atoms. The lowest BCUT2D eigenvalue weighted by Gasteiger charge is -2.18. The predicted molar refractivity (Wildman–Crippen MR) is 33.7 cm³/mol. The van der Waals surface area contributed by atoms with E-state index in [0.717, 1.165) is 5.75 Å². The molecule has 0 aromatic heterocycles. The van der Waals surface area contributed by atoms with Crippen LogP contribution in [0.3, 0.4) is 0 Å². The van der Waals surface area contributed by atoms with Gasteiger partial charge in [0.15, 0.2) is 5.79 Å². The Bertz CT molecular complexity index is 92.4. The summed E-state index contributed by atoms with van der Waals surface area (Å²) >= 11 is 1.60. The van der Waals surface area contributed by atoms with Gasteiger partial charge >= 0.3 is 0 Å². The number of thioether (sulfide) groups is 1. The molecule has 0 radical (unpaired) electrons. The van der Waals surface area contributed by atoms with E-state index in [4.69, 9.17) is 10.2 Å². The Balaban J connectivity index is 2.54. The van der Waals surface area contributed by atoms with Crippen molar-refractivity contribution >= 4 is 11.8 Å². The van der Waals surface area contributed by atoms with Gasteiger partial charge in [-0.2, -0.15) is 11.8 Å². The van der Waals surface area contributed by atoms with Crippen LogP contribution in [0.4, 0.5) is 0 Å². The monoisotopic (exact) mass is 134 g/mol. The highest BCUT2D eigenvalue weighted by atomic mass is 32.2. The van der Waals surface area contributed by atoms with E-state index in [-0.39, 0.29) is 5.25 Å². The van der Waals surface area contributed by atoms with Crippen molar-refractivity contribution in [3.8, 4) is 0 Å². The maximum atomic E-state index is 9.00. The number of rotatable bonds is 0. The van der Waals surface area contributed by atoms with Gasteiger partial charge in [0, 0.05) is 6.42 Å². The molecule has 1 aliphatic rings. The third-order valence-electron chi connectivity index (χ3n) is 1.49. The summed E-state index contributed by atoms with van der Waals surface area (Å²) in [6.07, 6.45) is 0.513. The lowest BCUT2D eigenvalue weighted by atomic mass is 10.2. The van der Waals surface area contributed by atoms with Gasteiger partial charge in [0.25, 0.3) is 0 Å². The molecule has 48 valence electrons. The van der Waals surface area contributed by atoms with E-state index in [1.54, 1.807) is 11.8 Å². The fourth-order valence-electron chi connectivity index (χ4n) is 0.723. The molecule has 1 unspecified atom stereocenters. The maximum absolute atomic E-state index is 9.00. The molecule has 0 spiro atoms. The standard InChI is InChI=1S/C5H10O2S/c1-4-5(6,7)2-3-8-4/h4,6-7H,2-3H2,1H3. The lowest BCUT2D eigenvalue weighted by Crippen LogP contribution is -2.33. The molecule has 1 aliphatic heterocycles. The molecule has 1 heterocycles. The fraction of sp³-hybridized carbons (Fsp3) is 1.00. The molecule has 0 aromatic carbocycles. The summed E-state index contributed by atoms with van der Waals surface area (Å²) in [6, 6.07) is 0. The van der Waals surface area contributed by atoms with Crippen molar-refractivity contribution in [2.75, 3.05) is 5.75 Å². The van der Waals surface area contributed by atoms with Gasteiger partial charge in [-0.1, -0.05) is 0 Å². The molecular weight excluding hydrogens is 124 g/mol. The first-order valence-electron chi connectivity index (χ1n) is 2.69. The Morgan fingerprint density at radius 2 is 2.25 bits per heavy atom. The summed E-state index contributed by atoms with van der Waals surface area (Å²) in [4.78, 5) is 0. The molecule has 0 aliphatic carbocycles. The van der Waals surface area contributed by atoms with Crippen LogP contribution in [0.2, 0.25) is 0 Å². The van der Waals surface area contributed by atoms with Gasteiger partial charge in [-0.05, 0) is 12.7 Å². The van der Waals surface area contributed by atoms with Crippen LogP contribution in [-0.2, 0) is 0 Å².